The maximum Gasteiger partial charge on any atom is 0.250 e. The van der Waals surface area contributed by atoms with Gasteiger partial charge in [0.25, 0.3) is 10.0 Å². The number of nitrogens with one attached hydrogen (secondary N) is 1. The molecule has 1 N–H and O–H groups in total. The van der Waals surface area contributed by atoms with E-state index in [-0.39, 0.29) is 10.1 Å². The van der Waals surface area contributed by atoms with E-state index in [0.29, 0.717) is 8.81 Å². The van der Waals surface area contributed by atoms with Crippen molar-refractivity contribution in [3.05, 3.63) is 50.8 Å². The highest BCUT2D eigenvalue weighted by Gasteiger charge is 2.23. The third-order valence-corrected chi connectivity index (χ3v) is 7.27. The molecule has 2 aromatic rings. The van der Waals surface area contributed by atoms with Crippen LogP contribution >= 0.6 is 50.5 Å². The Labute approximate surface area is 140 Å². The quantitative estimate of drug-likeness (QED) is 0.735. The minimum atomic E-state index is -3.65. The van der Waals surface area contributed by atoms with Gasteiger partial charge in [0.05, 0.1) is 14.9 Å². The van der Waals surface area contributed by atoms with Crippen LogP contribution in [0.1, 0.15) is 11.6 Å². The molecule has 0 aliphatic carbocycles. The molecule has 0 fully saturated rings. The predicted octanol–water partition coefficient (Wildman–Crippen LogP) is 4.42. The summed E-state index contributed by atoms with van der Waals surface area (Å²) in [6, 6.07) is 10.1. The first-order valence-electron chi connectivity index (χ1n) is 5.52. The van der Waals surface area contributed by atoms with E-state index in [1.807, 2.05) is 30.3 Å². The largest absolute Gasteiger partial charge is 0.250 e. The van der Waals surface area contributed by atoms with Crippen LogP contribution in [0.4, 0.5) is 0 Å². The number of thiophene rings is 1. The number of benzene rings is 1. The van der Waals surface area contributed by atoms with Gasteiger partial charge in [-0.15, -0.1) is 22.9 Å². The zero-order valence-corrected chi connectivity index (χ0v) is 14.7. The fourth-order valence-electron chi connectivity index (χ4n) is 1.58. The lowest BCUT2D eigenvalue weighted by molar-refractivity contribution is 0.570. The van der Waals surface area contributed by atoms with Gasteiger partial charge in [-0.3, -0.25) is 0 Å². The fourth-order valence-corrected chi connectivity index (χ4v) is 5.56. The molecule has 0 saturated heterocycles. The molecule has 2 rings (SSSR count). The highest BCUT2D eigenvalue weighted by atomic mass is 79.9. The molecular formula is C12H10BrCl2NO2S2. The molecule has 0 amide bonds. The van der Waals surface area contributed by atoms with E-state index in [4.69, 9.17) is 23.2 Å². The van der Waals surface area contributed by atoms with Gasteiger partial charge in [0, 0.05) is 5.88 Å². The molecule has 0 spiro atoms. The van der Waals surface area contributed by atoms with E-state index >= 15 is 0 Å². The first kappa shape index (κ1) is 16.3. The van der Waals surface area contributed by atoms with Gasteiger partial charge in [-0.1, -0.05) is 41.9 Å². The third-order valence-electron chi connectivity index (χ3n) is 2.54. The van der Waals surface area contributed by atoms with Crippen molar-refractivity contribution in [3.63, 3.8) is 0 Å². The Morgan fingerprint density at radius 2 is 1.95 bits per heavy atom. The van der Waals surface area contributed by atoms with Gasteiger partial charge in [-0.2, -0.15) is 0 Å². The molecule has 0 aliphatic rings. The summed E-state index contributed by atoms with van der Waals surface area (Å²) in [4.78, 5) is 0. The van der Waals surface area contributed by atoms with Crippen LogP contribution in [0.3, 0.4) is 0 Å². The van der Waals surface area contributed by atoms with Gasteiger partial charge in [0.15, 0.2) is 0 Å². The van der Waals surface area contributed by atoms with Crippen molar-refractivity contribution in [2.75, 3.05) is 5.88 Å². The molecule has 20 heavy (non-hydrogen) atoms. The van der Waals surface area contributed by atoms with Crippen molar-refractivity contribution >= 4 is 60.5 Å². The molecule has 1 aromatic heterocycles. The number of alkyl halides is 1. The van der Waals surface area contributed by atoms with Crippen LogP contribution < -0.4 is 4.72 Å². The maximum absolute atomic E-state index is 12.3. The summed E-state index contributed by atoms with van der Waals surface area (Å²) >= 11 is 16.0. The van der Waals surface area contributed by atoms with Crippen molar-refractivity contribution in [2.24, 2.45) is 0 Å². The molecule has 0 saturated carbocycles. The Balaban J connectivity index is 2.27. The fraction of sp³-hybridized carbons (Fsp3) is 0.167. The monoisotopic (exact) mass is 413 g/mol. The number of hydrogen-bond donors (Lipinski definition) is 1. The molecule has 108 valence electrons. The summed E-state index contributed by atoms with van der Waals surface area (Å²) < 4.78 is 27.9. The van der Waals surface area contributed by atoms with Crippen molar-refractivity contribution in [1.82, 2.24) is 4.72 Å². The summed E-state index contributed by atoms with van der Waals surface area (Å²) in [5, 5.41) is 0.373. The second-order valence-electron chi connectivity index (χ2n) is 3.93. The predicted molar refractivity (Wildman–Crippen MR) is 87.3 cm³/mol. The van der Waals surface area contributed by atoms with E-state index < -0.39 is 16.1 Å². The van der Waals surface area contributed by atoms with E-state index in [9.17, 15) is 8.42 Å². The lowest BCUT2D eigenvalue weighted by Crippen LogP contribution is -2.29. The summed E-state index contributed by atoms with van der Waals surface area (Å²) in [5.74, 6) is 0.142. The van der Waals surface area contributed by atoms with E-state index in [1.165, 1.54) is 6.07 Å². The lowest BCUT2D eigenvalue weighted by Gasteiger charge is -2.15. The van der Waals surface area contributed by atoms with Gasteiger partial charge in [-0.25, -0.2) is 13.1 Å². The topological polar surface area (TPSA) is 46.2 Å². The molecule has 1 unspecified atom stereocenters. The molecule has 1 atom stereocenters. The Kier molecular flexibility index (Phi) is 5.50. The van der Waals surface area contributed by atoms with Gasteiger partial charge in [0.2, 0.25) is 0 Å². The molecule has 0 aliphatic heterocycles. The summed E-state index contributed by atoms with van der Waals surface area (Å²) in [7, 11) is -3.65. The average molecular weight is 415 g/mol. The van der Waals surface area contributed by atoms with Gasteiger partial charge < -0.3 is 0 Å². The van der Waals surface area contributed by atoms with Crippen LogP contribution in [0.2, 0.25) is 5.02 Å². The van der Waals surface area contributed by atoms with Crippen molar-refractivity contribution in [3.8, 4) is 0 Å². The second kappa shape index (κ2) is 6.77. The zero-order valence-electron chi connectivity index (χ0n) is 10.0. The first-order chi connectivity index (χ1) is 9.44. The number of hydrogen-bond acceptors (Lipinski definition) is 3. The van der Waals surface area contributed by atoms with Crippen LogP contribution in [-0.4, -0.2) is 14.3 Å². The standard InChI is InChI=1S/C12H10BrCl2NO2S2/c13-12-9(15)6-11(19-12)20(17,18)16-10(7-14)8-4-2-1-3-5-8/h1-6,10,16H,7H2. The van der Waals surface area contributed by atoms with Crippen LogP contribution in [0.5, 0.6) is 0 Å². The molecule has 3 nitrogen and oxygen atoms in total. The Hall–Kier alpha value is -0.110. The molecule has 1 aromatic carbocycles. The zero-order chi connectivity index (χ0) is 14.8. The van der Waals surface area contributed by atoms with E-state index in [0.717, 1.165) is 16.9 Å². The minimum Gasteiger partial charge on any atom is -0.206 e. The molecule has 0 bridgehead atoms. The van der Waals surface area contributed by atoms with Crippen molar-refractivity contribution in [1.29, 1.82) is 0 Å². The summed E-state index contributed by atoms with van der Waals surface area (Å²) in [6.45, 7) is 0. The number of rotatable bonds is 5. The SMILES string of the molecule is O=S(=O)(NC(CCl)c1ccccc1)c1cc(Cl)c(Br)s1. The second-order valence-corrected chi connectivity index (χ2v) is 8.95. The summed E-state index contributed by atoms with van der Waals surface area (Å²) in [6.07, 6.45) is 0. The lowest BCUT2D eigenvalue weighted by atomic mass is 10.1. The Morgan fingerprint density at radius 3 is 2.45 bits per heavy atom. The van der Waals surface area contributed by atoms with E-state index in [1.54, 1.807) is 0 Å². The average Bonchev–Trinajstić information content (AvgIpc) is 2.78. The first-order valence-corrected chi connectivity index (χ1v) is 9.52. The van der Waals surface area contributed by atoms with Crippen LogP contribution in [0.25, 0.3) is 0 Å². The van der Waals surface area contributed by atoms with Gasteiger partial charge in [-0.05, 0) is 27.6 Å². The number of sulfonamides is 1. The van der Waals surface area contributed by atoms with Gasteiger partial charge >= 0.3 is 0 Å². The molecule has 8 heteroatoms. The summed E-state index contributed by atoms with van der Waals surface area (Å²) in [5.41, 5.74) is 0.813. The molecule has 1 heterocycles. The normalized spacial score (nSPS) is 13.3. The third kappa shape index (κ3) is 3.75. The van der Waals surface area contributed by atoms with Crippen LogP contribution in [0.15, 0.2) is 44.4 Å². The van der Waals surface area contributed by atoms with Crippen molar-refractivity contribution < 1.29 is 8.42 Å². The molecule has 0 radical (unpaired) electrons. The Morgan fingerprint density at radius 1 is 1.30 bits per heavy atom. The van der Waals surface area contributed by atoms with Crippen LogP contribution in [-0.2, 0) is 10.0 Å². The van der Waals surface area contributed by atoms with E-state index in [2.05, 4.69) is 20.7 Å². The Bertz CT molecular complexity index is 669. The maximum atomic E-state index is 12.3. The number of halogens is 3. The minimum absolute atomic E-state index is 0.142. The smallest absolute Gasteiger partial charge is 0.206 e. The van der Waals surface area contributed by atoms with Gasteiger partial charge in [0.1, 0.15) is 4.21 Å². The highest BCUT2D eigenvalue weighted by molar-refractivity contribution is 9.11. The molecular weight excluding hydrogens is 405 g/mol. The van der Waals surface area contributed by atoms with Crippen molar-refractivity contribution in [2.45, 2.75) is 10.3 Å². The highest BCUT2D eigenvalue weighted by Crippen LogP contribution is 2.35. The van der Waals surface area contributed by atoms with Crippen LogP contribution in [0, 0.1) is 0 Å².